The van der Waals surface area contributed by atoms with Gasteiger partial charge in [0.05, 0.1) is 0 Å². The molecular formula is CH4N2O3Zr. The van der Waals surface area contributed by atoms with Gasteiger partial charge >= 0.3 is 26.2 Å². The summed E-state index contributed by atoms with van der Waals surface area (Å²) < 4.78 is 0. The van der Waals surface area contributed by atoms with Crippen LogP contribution < -0.4 is 10.2 Å². The van der Waals surface area contributed by atoms with Crippen LogP contribution in [-0.4, -0.2) is 6.16 Å². The van der Waals surface area contributed by atoms with Crippen LogP contribution in [0.25, 0.3) is 12.3 Å². The Hall–Kier alpha value is 0.0731. The summed E-state index contributed by atoms with van der Waals surface area (Å²) in [5.74, 6) is 0. The number of carbonyl (C=O) groups excluding carboxylic acids is 1. The van der Waals surface area contributed by atoms with Gasteiger partial charge in [-0.25, -0.2) is 0 Å². The number of hydrogen-bond donors (Lipinski definition) is 0. The van der Waals surface area contributed by atoms with Gasteiger partial charge in [0.15, 0.2) is 0 Å². The maximum absolute atomic E-state index is 8.33. The molecule has 0 aromatic carbocycles. The molecule has 0 aliphatic carbocycles. The Labute approximate surface area is 60.0 Å². The summed E-state index contributed by atoms with van der Waals surface area (Å²) in [6.07, 6.45) is -2.33. The molecule has 40 valence electrons. The topological polar surface area (TPSA) is 130 Å². The third-order valence-corrected chi connectivity index (χ3v) is 0. The van der Waals surface area contributed by atoms with Gasteiger partial charge < -0.3 is 27.3 Å². The van der Waals surface area contributed by atoms with E-state index < -0.39 is 6.16 Å². The van der Waals surface area contributed by atoms with Crippen molar-refractivity contribution in [1.82, 2.24) is 0 Å². The first-order valence-electron chi connectivity index (χ1n) is 0.612. The maximum atomic E-state index is 8.33. The molecule has 0 aromatic rings. The molecular weight excluding hydrogens is 179 g/mol. The largest absolute Gasteiger partial charge is 4.00 e. The SMILES string of the molecule is O=C([O-])[O-].[NH2-].[NH2-].[Zr+4]. The number of hydrogen-bond acceptors (Lipinski definition) is 3. The molecule has 0 saturated carbocycles. The van der Waals surface area contributed by atoms with E-state index in [4.69, 9.17) is 15.0 Å². The maximum Gasteiger partial charge on any atom is 4.00 e. The fourth-order valence-corrected chi connectivity index (χ4v) is 0. The minimum absolute atomic E-state index is 0. The zero-order valence-corrected chi connectivity index (χ0v) is 5.84. The van der Waals surface area contributed by atoms with Gasteiger partial charge in [-0.05, 0) is 6.16 Å². The Bertz CT molecular complexity index is 35.9. The Balaban J connectivity index is -0.0000000150. The molecule has 7 heavy (non-hydrogen) atoms. The monoisotopic (exact) mass is 182 g/mol. The molecule has 0 atom stereocenters. The Morgan fingerprint density at radius 1 is 1.14 bits per heavy atom. The molecule has 6 heteroatoms. The van der Waals surface area contributed by atoms with Crippen molar-refractivity contribution < 1.29 is 41.2 Å². The van der Waals surface area contributed by atoms with Crippen LogP contribution in [0.2, 0.25) is 0 Å². The third-order valence-electron chi connectivity index (χ3n) is 0. The first kappa shape index (κ1) is 27.6. The van der Waals surface area contributed by atoms with Gasteiger partial charge in [0.2, 0.25) is 0 Å². The molecule has 0 aliphatic heterocycles. The predicted molar refractivity (Wildman–Crippen MR) is 16.0 cm³/mol. The van der Waals surface area contributed by atoms with Crippen LogP contribution in [0.3, 0.4) is 0 Å². The van der Waals surface area contributed by atoms with E-state index >= 15 is 0 Å². The van der Waals surface area contributed by atoms with Gasteiger partial charge in [0.25, 0.3) is 0 Å². The summed E-state index contributed by atoms with van der Waals surface area (Å²) in [5.41, 5.74) is 0. The van der Waals surface area contributed by atoms with Crippen LogP contribution in [0.4, 0.5) is 4.79 Å². The van der Waals surface area contributed by atoms with Gasteiger partial charge in [-0.1, -0.05) is 0 Å². The normalized spacial score (nSPS) is 3.43. The molecule has 0 bridgehead atoms. The van der Waals surface area contributed by atoms with Gasteiger partial charge in [-0.15, -0.1) is 0 Å². The van der Waals surface area contributed by atoms with E-state index in [1.807, 2.05) is 0 Å². The quantitative estimate of drug-likeness (QED) is 0.476. The van der Waals surface area contributed by atoms with E-state index in [-0.39, 0.29) is 38.5 Å². The molecule has 4 N–H and O–H groups in total. The van der Waals surface area contributed by atoms with Gasteiger partial charge in [0, 0.05) is 0 Å². The predicted octanol–water partition coefficient (Wildman–Crippen LogP) is -1.02. The van der Waals surface area contributed by atoms with E-state index in [9.17, 15) is 0 Å². The Morgan fingerprint density at radius 2 is 1.14 bits per heavy atom. The first-order valence-corrected chi connectivity index (χ1v) is 0.612. The molecule has 0 fully saturated rings. The molecule has 0 spiro atoms. The summed E-state index contributed by atoms with van der Waals surface area (Å²) in [7, 11) is 0. The van der Waals surface area contributed by atoms with Crippen molar-refractivity contribution in [1.29, 1.82) is 0 Å². The standard InChI is InChI=1S/CH2O3.2H2N.Zr/c2-1(3)4;;;/h(H2,2,3,4);2*1H2;/q;2*-1;+4/p-2. The van der Waals surface area contributed by atoms with Crippen LogP contribution in [-0.2, 0) is 26.2 Å². The molecule has 0 aliphatic rings. The molecule has 0 unspecified atom stereocenters. The summed E-state index contributed by atoms with van der Waals surface area (Å²) in [4.78, 5) is 8.33. The molecule has 0 amide bonds. The fraction of sp³-hybridized carbons (Fsp3) is 0. The van der Waals surface area contributed by atoms with E-state index in [0.29, 0.717) is 0 Å². The van der Waals surface area contributed by atoms with Crippen LogP contribution in [0.5, 0.6) is 0 Å². The molecule has 0 rings (SSSR count). The Morgan fingerprint density at radius 3 is 1.14 bits per heavy atom. The van der Waals surface area contributed by atoms with Gasteiger partial charge in [0.1, 0.15) is 0 Å². The van der Waals surface area contributed by atoms with Crippen molar-refractivity contribution in [3.05, 3.63) is 12.3 Å². The molecule has 0 aromatic heterocycles. The third kappa shape index (κ3) is 18800. The first-order chi connectivity index (χ1) is 1.73. The van der Waals surface area contributed by atoms with Crippen LogP contribution in [0, 0.1) is 0 Å². The zero-order valence-electron chi connectivity index (χ0n) is 3.38. The number of carbonyl (C=O) groups is 1. The average Bonchev–Trinajstić information content (AvgIpc) is 0.811. The fourth-order valence-electron chi connectivity index (χ4n) is 0. The minimum atomic E-state index is -2.33. The second kappa shape index (κ2) is 16.6. The number of nitrogens with two attached hydrogens (primary N) is 2. The van der Waals surface area contributed by atoms with Crippen molar-refractivity contribution in [2.24, 2.45) is 0 Å². The minimum Gasteiger partial charge on any atom is -0.693 e. The van der Waals surface area contributed by atoms with E-state index in [1.54, 1.807) is 0 Å². The van der Waals surface area contributed by atoms with Gasteiger partial charge in [-0.2, -0.15) is 0 Å². The summed E-state index contributed by atoms with van der Waals surface area (Å²) in [5, 5.41) is 16.7. The van der Waals surface area contributed by atoms with Crippen LogP contribution >= 0.6 is 0 Å². The van der Waals surface area contributed by atoms with Crippen molar-refractivity contribution in [3.8, 4) is 0 Å². The molecule has 0 radical (unpaired) electrons. The van der Waals surface area contributed by atoms with Crippen LogP contribution in [0.15, 0.2) is 0 Å². The molecule has 0 saturated heterocycles. The molecule has 5 nitrogen and oxygen atoms in total. The number of rotatable bonds is 0. The second-order valence-corrected chi connectivity index (χ2v) is 0.250. The van der Waals surface area contributed by atoms with Gasteiger partial charge in [-0.3, -0.25) is 0 Å². The smallest absolute Gasteiger partial charge is 0.693 e. The zero-order chi connectivity index (χ0) is 3.58. The summed E-state index contributed by atoms with van der Waals surface area (Å²) >= 11 is 0. The van der Waals surface area contributed by atoms with Crippen molar-refractivity contribution in [2.45, 2.75) is 0 Å². The average molecular weight is 183 g/mol. The molecule has 0 heterocycles. The van der Waals surface area contributed by atoms with Crippen LogP contribution in [0.1, 0.15) is 0 Å². The summed E-state index contributed by atoms with van der Waals surface area (Å²) in [6.45, 7) is 0. The van der Waals surface area contributed by atoms with E-state index in [2.05, 4.69) is 0 Å². The summed E-state index contributed by atoms with van der Waals surface area (Å²) in [6, 6.07) is 0. The number of carboxylic acid groups (broad SMARTS) is 2. The van der Waals surface area contributed by atoms with Crippen molar-refractivity contribution in [2.75, 3.05) is 0 Å². The second-order valence-electron chi connectivity index (χ2n) is 0.250. The van der Waals surface area contributed by atoms with E-state index in [0.717, 1.165) is 0 Å². The van der Waals surface area contributed by atoms with Crippen molar-refractivity contribution in [3.63, 3.8) is 0 Å². The van der Waals surface area contributed by atoms with Crippen molar-refractivity contribution >= 4 is 6.16 Å². The van der Waals surface area contributed by atoms with E-state index in [1.165, 1.54) is 0 Å². The Kier molecular flexibility index (Phi) is 65.3.